The van der Waals surface area contributed by atoms with Crippen molar-refractivity contribution in [3.05, 3.63) is 29.8 Å². The van der Waals surface area contributed by atoms with Crippen LogP contribution in [0.2, 0.25) is 0 Å². The number of nitrogens with one attached hydrogen (secondary N) is 2. The minimum atomic E-state index is -0.477. The molecule has 1 aliphatic carbocycles. The van der Waals surface area contributed by atoms with Crippen LogP contribution >= 0.6 is 0 Å². The first-order valence-electron chi connectivity index (χ1n) is 10.2. The minimum absolute atomic E-state index is 0.0181. The van der Waals surface area contributed by atoms with Gasteiger partial charge in [0.05, 0.1) is 13.2 Å². The number of nitrogens with zero attached hydrogens (tertiary/aromatic N) is 3. The van der Waals surface area contributed by atoms with Crippen molar-refractivity contribution < 1.29 is 14.3 Å². The van der Waals surface area contributed by atoms with Crippen LogP contribution in [0, 0.1) is 5.92 Å². The number of hydrazone groups is 1. The maximum atomic E-state index is 12.6. The van der Waals surface area contributed by atoms with Crippen molar-refractivity contribution in [2.75, 3.05) is 7.11 Å². The molecule has 154 valence electrons. The monoisotopic (exact) mass is 397 g/mol. The fourth-order valence-corrected chi connectivity index (χ4v) is 4.10. The molecular weight excluding hydrogens is 370 g/mol. The molecule has 29 heavy (non-hydrogen) atoms. The van der Waals surface area contributed by atoms with Gasteiger partial charge in [-0.25, -0.2) is 4.99 Å². The Balaban J connectivity index is 1.40. The van der Waals surface area contributed by atoms with Crippen LogP contribution in [0.15, 0.2) is 34.4 Å². The molecule has 1 aromatic carbocycles. The molecule has 1 saturated carbocycles. The number of carbonyl (C=O) groups is 2. The Morgan fingerprint density at radius 2 is 2.03 bits per heavy atom. The first-order valence-corrected chi connectivity index (χ1v) is 10.2. The van der Waals surface area contributed by atoms with Crippen LogP contribution in [0.4, 0.5) is 0 Å². The number of amides is 1. The number of ketones is 1. The van der Waals surface area contributed by atoms with Crippen molar-refractivity contribution in [3.63, 3.8) is 0 Å². The Hall–Kier alpha value is -2.90. The largest absolute Gasteiger partial charge is 0.497 e. The zero-order valence-corrected chi connectivity index (χ0v) is 16.8. The highest BCUT2D eigenvalue weighted by Crippen LogP contribution is 2.31. The summed E-state index contributed by atoms with van der Waals surface area (Å²) < 4.78 is 5.14. The summed E-state index contributed by atoms with van der Waals surface area (Å²) in [6.45, 7) is 1.78. The van der Waals surface area contributed by atoms with E-state index in [1.54, 1.807) is 20.2 Å². The molecule has 3 unspecified atom stereocenters. The number of benzene rings is 1. The molecule has 8 nitrogen and oxygen atoms in total. The number of hydrogen-bond acceptors (Lipinski definition) is 7. The van der Waals surface area contributed by atoms with Gasteiger partial charge in [0.2, 0.25) is 11.9 Å². The number of ether oxygens (including phenoxy) is 1. The minimum Gasteiger partial charge on any atom is -0.497 e. The van der Waals surface area contributed by atoms with E-state index < -0.39 is 6.04 Å². The molecule has 3 aliphatic rings. The molecule has 0 radical (unpaired) electrons. The Bertz CT molecular complexity index is 829. The standard InChI is InChI=1S/C21H27N5O3/c1-13(18(27)11-14-7-9-16(29-2)10-8-14)23-21-24-19-17(20(28)25-21)12-22-26(19)15-5-3-4-6-15/h7-10,12-13,15,17,19H,3-6,11H2,1-2H3,(H2,23,24,25,28). The number of Topliss-reactive ketones (excluding diaryl/α,β-unsaturated/α-hetero) is 1. The zero-order chi connectivity index (χ0) is 20.4. The van der Waals surface area contributed by atoms with Gasteiger partial charge in [-0.3, -0.25) is 19.9 Å². The van der Waals surface area contributed by atoms with Gasteiger partial charge in [0.25, 0.3) is 0 Å². The maximum Gasteiger partial charge on any atom is 0.239 e. The van der Waals surface area contributed by atoms with Crippen molar-refractivity contribution in [2.45, 2.75) is 57.3 Å². The van der Waals surface area contributed by atoms with Gasteiger partial charge in [-0.1, -0.05) is 25.0 Å². The molecule has 1 aromatic rings. The summed E-state index contributed by atoms with van der Waals surface area (Å²) in [6, 6.07) is 7.29. The second-order valence-electron chi connectivity index (χ2n) is 7.85. The van der Waals surface area contributed by atoms with Crippen molar-refractivity contribution in [2.24, 2.45) is 16.0 Å². The summed E-state index contributed by atoms with van der Waals surface area (Å²) in [5, 5.41) is 12.3. The highest BCUT2D eigenvalue weighted by Gasteiger charge is 2.43. The quantitative estimate of drug-likeness (QED) is 0.758. The van der Waals surface area contributed by atoms with E-state index in [-0.39, 0.29) is 23.8 Å². The molecule has 0 bridgehead atoms. The lowest BCUT2D eigenvalue weighted by Gasteiger charge is -2.32. The third kappa shape index (κ3) is 4.11. The predicted octanol–water partition coefficient (Wildman–Crippen LogP) is 1.46. The molecule has 0 spiro atoms. The van der Waals surface area contributed by atoms with Crippen LogP contribution < -0.4 is 15.4 Å². The van der Waals surface area contributed by atoms with E-state index in [0.717, 1.165) is 24.2 Å². The van der Waals surface area contributed by atoms with E-state index in [0.29, 0.717) is 18.4 Å². The maximum absolute atomic E-state index is 12.6. The van der Waals surface area contributed by atoms with E-state index in [2.05, 4.69) is 20.7 Å². The lowest BCUT2D eigenvalue weighted by molar-refractivity contribution is -0.124. The number of aliphatic imine (C=N–C) groups is 1. The van der Waals surface area contributed by atoms with Crippen LogP contribution in [0.25, 0.3) is 0 Å². The van der Waals surface area contributed by atoms with Crippen molar-refractivity contribution in [1.82, 2.24) is 15.6 Å². The van der Waals surface area contributed by atoms with Gasteiger partial charge in [0.15, 0.2) is 11.9 Å². The summed E-state index contributed by atoms with van der Waals surface area (Å²) >= 11 is 0. The summed E-state index contributed by atoms with van der Waals surface area (Å²) in [7, 11) is 1.61. The predicted molar refractivity (Wildman–Crippen MR) is 110 cm³/mol. The summed E-state index contributed by atoms with van der Waals surface area (Å²) in [5.41, 5.74) is 0.913. The molecule has 2 heterocycles. The van der Waals surface area contributed by atoms with Gasteiger partial charge in [-0.15, -0.1) is 0 Å². The molecule has 2 aliphatic heterocycles. The fraction of sp³-hybridized carbons (Fsp3) is 0.524. The lowest BCUT2D eigenvalue weighted by Crippen LogP contribution is -2.56. The summed E-state index contributed by atoms with van der Waals surface area (Å²) in [6.07, 6.45) is 6.20. The third-order valence-corrected chi connectivity index (χ3v) is 5.83. The van der Waals surface area contributed by atoms with Gasteiger partial charge in [-0.05, 0) is 37.5 Å². The summed E-state index contributed by atoms with van der Waals surface area (Å²) in [4.78, 5) is 29.8. The highest BCUT2D eigenvalue weighted by atomic mass is 16.5. The molecule has 3 atom stereocenters. The van der Waals surface area contributed by atoms with Crippen molar-refractivity contribution in [3.8, 4) is 5.75 Å². The molecule has 0 saturated heterocycles. The number of hydrogen-bond donors (Lipinski definition) is 2. The molecule has 4 rings (SSSR count). The number of carbonyl (C=O) groups excluding carboxylic acids is 2. The van der Waals surface area contributed by atoms with Crippen LogP contribution in [0.5, 0.6) is 5.75 Å². The van der Waals surface area contributed by atoms with Gasteiger partial charge in [0, 0.05) is 18.7 Å². The SMILES string of the molecule is COc1ccc(CC(=O)C(C)NC2=NC3C(C=NN3C3CCCC3)C(=O)N2)cc1. The van der Waals surface area contributed by atoms with Crippen molar-refractivity contribution >= 4 is 23.9 Å². The van der Waals surface area contributed by atoms with Crippen LogP contribution in [-0.2, 0) is 16.0 Å². The van der Waals surface area contributed by atoms with Gasteiger partial charge >= 0.3 is 0 Å². The van der Waals surface area contributed by atoms with E-state index in [1.807, 2.05) is 29.3 Å². The van der Waals surface area contributed by atoms with Crippen molar-refractivity contribution in [1.29, 1.82) is 0 Å². The zero-order valence-electron chi connectivity index (χ0n) is 16.8. The normalized spacial score (nSPS) is 24.7. The second kappa shape index (κ2) is 8.23. The van der Waals surface area contributed by atoms with Gasteiger partial charge < -0.3 is 10.1 Å². The Morgan fingerprint density at radius 1 is 1.31 bits per heavy atom. The molecule has 0 aromatic heterocycles. The first kappa shape index (κ1) is 19.4. The van der Waals surface area contributed by atoms with Crippen LogP contribution in [0.1, 0.15) is 38.2 Å². The second-order valence-corrected chi connectivity index (χ2v) is 7.85. The molecule has 1 amide bonds. The van der Waals surface area contributed by atoms with E-state index in [9.17, 15) is 9.59 Å². The van der Waals surface area contributed by atoms with Gasteiger partial charge in [-0.2, -0.15) is 5.10 Å². The Labute approximate surface area is 170 Å². The average molecular weight is 397 g/mol. The summed E-state index contributed by atoms with van der Waals surface area (Å²) in [5.74, 6) is 0.620. The van der Waals surface area contributed by atoms with E-state index in [1.165, 1.54) is 12.8 Å². The average Bonchev–Trinajstić information content (AvgIpc) is 3.38. The van der Waals surface area contributed by atoms with Gasteiger partial charge in [0.1, 0.15) is 11.7 Å². The Kier molecular flexibility index (Phi) is 5.51. The molecule has 8 heteroatoms. The number of guanidine groups is 1. The smallest absolute Gasteiger partial charge is 0.239 e. The first-order chi connectivity index (χ1) is 14.0. The Morgan fingerprint density at radius 3 is 2.72 bits per heavy atom. The third-order valence-electron chi connectivity index (χ3n) is 5.83. The van der Waals surface area contributed by atoms with Crippen LogP contribution in [-0.4, -0.2) is 54.2 Å². The number of methoxy groups -OCH3 is 1. The fourth-order valence-electron chi connectivity index (χ4n) is 4.10. The molecule has 2 N–H and O–H groups in total. The topological polar surface area (TPSA) is 95.4 Å². The molecular formula is C21H27N5O3. The lowest BCUT2D eigenvalue weighted by atomic mass is 10.0. The number of fused-ring (bicyclic) bond motifs is 1. The number of rotatable bonds is 6. The van der Waals surface area contributed by atoms with E-state index >= 15 is 0 Å². The van der Waals surface area contributed by atoms with E-state index in [4.69, 9.17) is 4.74 Å². The molecule has 1 fully saturated rings. The van der Waals surface area contributed by atoms with Crippen LogP contribution in [0.3, 0.4) is 0 Å². The highest BCUT2D eigenvalue weighted by molar-refractivity contribution is 6.07.